The zero-order valence-corrected chi connectivity index (χ0v) is 19.1. The fourth-order valence-electron chi connectivity index (χ4n) is 4.13. The van der Waals surface area contributed by atoms with Crippen molar-refractivity contribution in [2.75, 3.05) is 19.5 Å². The molecule has 1 aliphatic rings. The Hall–Kier alpha value is -2.54. The van der Waals surface area contributed by atoms with Gasteiger partial charge in [0.2, 0.25) is 0 Å². The molecule has 0 saturated carbocycles. The number of carbonyl (C=O) groups excluding carboxylic acids is 2. The van der Waals surface area contributed by atoms with E-state index in [-0.39, 0.29) is 11.3 Å². The van der Waals surface area contributed by atoms with Crippen LogP contribution in [0.15, 0.2) is 18.2 Å². The van der Waals surface area contributed by atoms with E-state index in [0.29, 0.717) is 33.5 Å². The first-order valence-corrected chi connectivity index (χ1v) is 11.0. The van der Waals surface area contributed by atoms with Crippen molar-refractivity contribution in [3.05, 3.63) is 39.8 Å². The minimum absolute atomic E-state index is 0.228. The highest BCUT2D eigenvalue weighted by atomic mass is 32.1. The van der Waals surface area contributed by atoms with Crippen LogP contribution in [0.2, 0.25) is 0 Å². The molecule has 3 rings (SSSR count). The summed E-state index contributed by atoms with van der Waals surface area (Å²) in [6, 6.07) is 5.11. The summed E-state index contributed by atoms with van der Waals surface area (Å²) in [5.41, 5.74) is 7.71. The third-order valence-corrected chi connectivity index (χ3v) is 7.57. The van der Waals surface area contributed by atoms with Crippen LogP contribution in [-0.2, 0) is 12.8 Å². The SMILES string of the molecule is CCC(C)(C)C1CCc2c(sc(NC(=O)c3cccc(OC)c3OC)c2C(N)=O)C1. The van der Waals surface area contributed by atoms with Gasteiger partial charge in [-0.05, 0) is 48.3 Å². The van der Waals surface area contributed by atoms with Crippen LogP contribution in [0, 0.1) is 11.3 Å². The van der Waals surface area contributed by atoms with Crippen LogP contribution in [0.3, 0.4) is 0 Å². The summed E-state index contributed by atoms with van der Waals surface area (Å²) in [5, 5.41) is 3.41. The number of carbonyl (C=O) groups is 2. The summed E-state index contributed by atoms with van der Waals surface area (Å²) in [6.07, 6.45) is 3.82. The molecule has 1 heterocycles. The number of benzene rings is 1. The normalized spacial score (nSPS) is 16.0. The molecule has 0 radical (unpaired) electrons. The zero-order valence-electron chi connectivity index (χ0n) is 18.3. The Bertz CT molecular complexity index is 964. The molecule has 0 fully saturated rings. The van der Waals surface area contributed by atoms with E-state index in [1.165, 1.54) is 25.6 Å². The number of anilines is 1. The van der Waals surface area contributed by atoms with Gasteiger partial charge < -0.3 is 20.5 Å². The molecule has 1 unspecified atom stereocenters. The maximum absolute atomic E-state index is 13.0. The van der Waals surface area contributed by atoms with Gasteiger partial charge in [0, 0.05) is 4.88 Å². The fraction of sp³-hybridized carbons (Fsp3) is 0.478. The molecule has 1 aromatic heterocycles. The van der Waals surface area contributed by atoms with Crippen molar-refractivity contribution < 1.29 is 19.1 Å². The van der Waals surface area contributed by atoms with Gasteiger partial charge >= 0.3 is 0 Å². The molecule has 1 aromatic carbocycles. The number of primary amides is 1. The van der Waals surface area contributed by atoms with Crippen LogP contribution < -0.4 is 20.5 Å². The van der Waals surface area contributed by atoms with Crippen LogP contribution in [0.5, 0.6) is 11.5 Å². The maximum Gasteiger partial charge on any atom is 0.260 e. The third kappa shape index (κ3) is 4.03. The van der Waals surface area contributed by atoms with Crippen LogP contribution in [0.25, 0.3) is 0 Å². The minimum Gasteiger partial charge on any atom is -0.493 e. The lowest BCUT2D eigenvalue weighted by Gasteiger charge is -2.36. The van der Waals surface area contributed by atoms with Gasteiger partial charge in [-0.2, -0.15) is 0 Å². The molecule has 0 saturated heterocycles. The van der Waals surface area contributed by atoms with Gasteiger partial charge in [-0.25, -0.2) is 0 Å². The number of amides is 2. The van der Waals surface area contributed by atoms with E-state index in [1.54, 1.807) is 18.2 Å². The average Bonchev–Trinajstić information content (AvgIpc) is 3.09. The van der Waals surface area contributed by atoms with E-state index in [4.69, 9.17) is 15.2 Å². The number of methoxy groups -OCH3 is 2. The molecule has 6 nitrogen and oxygen atoms in total. The second-order valence-electron chi connectivity index (χ2n) is 8.35. The number of fused-ring (bicyclic) bond motifs is 1. The lowest BCUT2D eigenvalue weighted by atomic mass is 9.69. The van der Waals surface area contributed by atoms with Crippen molar-refractivity contribution in [1.82, 2.24) is 0 Å². The molecule has 30 heavy (non-hydrogen) atoms. The van der Waals surface area contributed by atoms with Crippen LogP contribution in [0.4, 0.5) is 5.00 Å². The number of para-hydroxylation sites is 1. The summed E-state index contributed by atoms with van der Waals surface area (Å²) in [6.45, 7) is 6.80. The monoisotopic (exact) mass is 430 g/mol. The van der Waals surface area contributed by atoms with Gasteiger partial charge in [-0.15, -0.1) is 11.3 Å². The maximum atomic E-state index is 13.0. The Morgan fingerprint density at radius 1 is 1.27 bits per heavy atom. The quantitative estimate of drug-likeness (QED) is 0.668. The Morgan fingerprint density at radius 2 is 2.00 bits per heavy atom. The van der Waals surface area contributed by atoms with Gasteiger partial charge in [0.15, 0.2) is 11.5 Å². The number of hydrogen-bond acceptors (Lipinski definition) is 5. The number of nitrogens with one attached hydrogen (secondary N) is 1. The number of ether oxygens (including phenoxy) is 2. The molecule has 162 valence electrons. The molecular formula is C23H30N2O4S. The van der Waals surface area contributed by atoms with Crippen molar-refractivity contribution in [1.29, 1.82) is 0 Å². The van der Waals surface area contributed by atoms with Crippen LogP contribution >= 0.6 is 11.3 Å². The van der Waals surface area contributed by atoms with E-state index in [1.807, 2.05) is 0 Å². The van der Waals surface area contributed by atoms with Gasteiger partial charge in [-0.3, -0.25) is 9.59 Å². The van der Waals surface area contributed by atoms with Crippen LogP contribution in [0.1, 0.15) is 64.8 Å². The van der Waals surface area contributed by atoms with Crippen molar-refractivity contribution in [3.8, 4) is 11.5 Å². The zero-order chi connectivity index (χ0) is 22.1. The average molecular weight is 431 g/mol. The minimum atomic E-state index is -0.506. The standard InChI is InChI=1S/C23H30N2O4S/c1-6-23(2,3)13-10-11-14-17(12-13)30-22(18(14)20(24)26)25-21(27)15-8-7-9-16(28-4)19(15)29-5/h7-9,13H,6,10-12H2,1-5H3,(H2,24,26)(H,25,27). The Morgan fingerprint density at radius 3 is 2.60 bits per heavy atom. The second-order valence-corrected chi connectivity index (χ2v) is 9.45. The summed E-state index contributed by atoms with van der Waals surface area (Å²) in [7, 11) is 3.01. The second kappa shape index (κ2) is 8.68. The fourth-order valence-corrected chi connectivity index (χ4v) is 5.45. The van der Waals surface area contributed by atoms with Crippen molar-refractivity contribution in [3.63, 3.8) is 0 Å². The van der Waals surface area contributed by atoms with E-state index < -0.39 is 5.91 Å². The first-order chi connectivity index (χ1) is 14.2. The van der Waals surface area contributed by atoms with Gasteiger partial charge in [0.1, 0.15) is 5.00 Å². The third-order valence-electron chi connectivity index (χ3n) is 6.40. The topological polar surface area (TPSA) is 90.7 Å². The molecule has 2 amide bonds. The summed E-state index contributed by atoms with van der Waals surface area (Å²) in [4.78, 5) is 26.4. The van der Waals surface area contributed by atoms with Crippen molar-refractivity contribution in [2.45, 2.75) is 46.5 Å². The van der Waals surface area contributed by atoms with E-state index in [2.05, 4.69) is 26.1 Å². The predicted octanol–water partition coefficient (Wildman–Crippen LogP) is 4.66. The Balaban J connectivity index is 1.95. The van der Waals surface area contributed by atoms with Crippen molar-refractivity contribution >= 4 is 28.2 Å². The van der Waals surface area contributed by atoms with Gasteiger partial charge in [-0.1, -0.05) is 33.3 Å². The highest BCUT2D eigenvalue weighted by Gasteiger charge is 2.35. The smallest absolute Gasteiger partial charge is 0.260 e. The number of nitrogens with two attached hydrogens (primary N) is 1. The summed E-state index contributed by atoms with van der Waals surface area (Å²) >= 11 is 1.46. The van der Waals surface area contributed by atoms with Gasteiger partial charge in [0.25, 0.3) is 11.8 Å². The highest BCUT2D eigenvalue weighted by Crippen LogP contribution is 2.45. The Kier molecular flexibility index (Phi) is 6.41. The summed E-state index contributed by atoms with van der Waals surface area (Å²) < 4.78 is 10.7. The van der Waals surface area contributed by atoms with Gasteiger partial charge in [0.05, 0.1) is 25.3 Å². The van der Waals surface area contributed by atoms with E-state index >= 15 is 0 Å². The van der Waals surface area contributed by atoms with Crippen molar-refractivity contribution in [2.24, 2.45) is 17.1 Å². The lowest BCUT2D eigenvalue weighted by Crippen LogP contribution is -2.29. The molecule has 3 N–H and O–H groups in total. The molecule has 1 atom stereocenters. The molecule has 0 spiro atoms. The summed E-state index contributed by atoms with van der Waals surface area (Å²) in [5.74, 6) is 0.488. The molecule has 0 aliphatic heterocycles. The molecule has 7 heteroatoms. The molecule has 1 aliphatic carbocycles. The lowest BCUT2D eigenvalue weighted by molar-refractivity contribution is 0.0999. The van der Waals surface area contributed by atoms with Crippen LogP contribution in [-0.4, -0.2) is 26.0 Å². The molecule has 0 bridgehead atoms. The molecule has 2 aromatic rings. The number of hydrogen-bond donors (Lipinski definition) is 2. The first kappa shape index (κ1) is 22.2. The van der Waals surface area contributed by atoms with E-state index in [9.17, 15) is 9.59 Å². The first-order valence-electron chi connectivity index (χ1n) is 10.2. The predicted molar refractivity (Wildman–Crippen MR) is 120 cm³/mol. The number of thiophene rings is 1. The molecular weight excluding hydrogens is 400 g/mol. The number of rotatable bonds is 7. The largest absolute Gasteiger partial charge is 0.493 e. The highest BCUT2D eigenvalue weighted by molar-refractivity contribution is 7.17. The Labute approximate surface area is 181 Å². The van der Waals surface area contributed by atoms with E-state index in [0.717, 1.165) is 36.1 Å².